The van der Waals surface area contributed by atoms with Crippen molar-refractivity contribution in [1.82, 2.24) is 4.98 Å². The van der Waals surface area contributed by atoms with Crippen LogP contribution in [-0.4, -0.2) is 24.8 Å². The van der Waals surface area contributed by atoms with E-state index in [1.807, 2.05) is 30.5 Å². The van der Waals surface area contributed by atoms with Crippen LogP contribution in [0.25, 0.3) is 0 Å². The number of pyridine rings is 1. The molecule has 1 aromatic heterocycles. The van der Waals surface area contributed by atoms with Crippen molar-refractivity contribution in [2.24, 2.45) is 0 Å². The summed E-state index contributed by atoms with van der Waals surface area (Å²) in [6.07, 6.45) is 8.55. The highest BCUT2D eigenvalue weighted by atomic mass is 16.5. The van der Waals surface area contributed by atoms with Crippen molar-refractivity contribution >= 4 is 0 Å². The van der Waals surface area contributed by atoms with Gasteiger partial charge in [-0.3, -0.25) is 4.98 Å². The summed E-state index contributed by atoms with van der Waals surface area (Å²) >= 11 is 0. The van der Waals surface area contributed by atoms with Crippen LogP contribution < -0.4 is 9.47 Å². The Balaban J connectivity index is 1.82. The molecular weight excluding hydrogens is 326 g/mol. The van der Waals surface area contributed by atoms with Crippen LogP contribution in [0.15, 0.2) is 42.6 Å². The molecule has 26 heavy (non-hydrogen) atoms. The van der Waals surface area contributed by atoms with Gasteiger partial charge in [-0.1, -0.05) is 19.1 Å². The van der Waals surface area contributed by atoms with Gasteiger partial charge in [0.1, 0.15) is 0 Å². The normalized spacial score (nSPS) is 15.8. The third-order valence-electron chi connectivity index (χ3n) is 4.80. The molecule has 1 unspecified atom stereocenters. The number of nitrogens with zero attached hydrogens (tertiary/aromatic N) is 1. The second-order valence-corrected chi connectivity index (χ2v) is 6.82. The molecule has 1 fully saturated rings. The Bertz CT molecular complexity index is 668. The van der Waals surface area contributed by atoms with Crippen LogP contribution >= 0.6 is 0 Å². The molecular formula is C22H29NO3. The molecule has 0 radical (unpaired) electrons. The lowest BCUT2D eigenvalue weighted by atomic mass is 10.0. The van der Waals surface area contributed by atoms with Crippen LogP contribution in [-0.2, 0) is 11.2 Å². The fourth-order valence-electron chi connectivity index (χ4n) is 3.41. The zero-order chi connectivity index (χ0) is 18.2. The Hall–Kier alpha value is -2.07. The van der Waals surface area contributed by atoms with Crippen LogP contribution in [0, 0.1) is 0 Å². The minimum absolute atomic E-state index is 0.0401. The molecule has 2 aromatic rings. The second-order valence-electron chi connectivity index (χ2n) is 6.82. The van der Waals surface area contributed by atoms with Crippen molar-refractivity contribution in [1.29, 1.82) is 0 Å². The van der Waals surface area contributed by atoms with E-state index in [9.17, 15) is 0 Å². The first-order valence-electron chi connectivity index (χ1n) is 9.66. The predicted molar refractivity (Wildman–Crippen MR) is 103 cm³/mol. The van der Waals surface area contributed by atoms with Crippen molar-refractivity contribution < 1.29 is 14.2 Å². The van der Waals surface area contributed by atoms with E-state index >= 15 is 0 Å². The summed E-state index contributed by atoms with van der Waals surface area (Å²) in [5, 5.41) is 0. The first-order chi connectivity index (χ1) is 12.8. The molecule has 1 saturated carbocycles. The van der Waals surface area contributed by atoms with E-state index in [0.717, 1.165) is 55.0 Å². The summed E-state index contributed by atoms with van der Waals surface area (Å²) in [5.41, 5.74) is 2.14. The molecule has 3 rings (SSSR count). The quantitative estimate of drug-likeness (QED) is 0.626. The van der Waals surface area contributed by atoms with E-state index in [-0.39, 0.29) is 6.10 Å². The fraction of sp³-hybridized carbons (Fsp3) is 0.500. The Kier molecular flexibility index (Phi) is 6.89. The average molecular weight is 355 g/mol. The minimum Gasteiger partial charge on any atom is -0.493 e. The van der Waals surface area contributed by atoms with E-state index in [2.05, 4.69) is 24.0 Å². The Morgan fingerprint density at radius 3 is 2.65 bits per heavy atom. The molecule has 4 heteroatoms. The molecule has 140 valence electrons. The van der Waals surface area contributed by atoms with Crippen molar-refractivity contribution in [2.45, 2.75) is 57.7 Å². The van der Waals surface area contributed by atoms with Gasteiger partial charge in [0.25, 0.3) is 0 Å². The molecule has 1 aliphatic carbocycles. The highest BCUT2D eigenvalue weighted by Crippen LogP contribution is 2.35. The van der Waals surface area contributed by atoms with Gasteiger partial charge in [0.05, 0.1) is 19.3 Å². The largest absolute Gasteiger partial charge is 0.493 e. The third-order valence-corrected chi connectivity index (χ3v) is 4.80. The molecule has 1 atom stereocenters. The van der Waals surface area contributed by atoms with Gasteiger partial charge in [0.2, 0.25) is 0 Å². The van der Waals surface area contributed by atoms with Crippen LogP contribution in [0.2, 0.25) is 0 Å². The fourth-order valence-corrected chi connectivity index (χ4v) is 3.41. The monoisotopic (exact) mass is 355 g/mol. The first-order valence-corrected chi connectivity index (χ1v) is 9.66. The molecule has 0 bridgehead atoms. The van der Waals surface area contributed by atoms with Crippen LogP contribution in [0.5, 0.6) is 11.5 Å². The first kappa shape index (κ1) is 18.7. The van der Waals surface area contributed by atoms with Gasteiger partial charge in [0, 0.05) is 24.9 Å². The highest BCUT2D eigenvalue weighted by molar-refractivity contribution is 5.44. The summed E-state index contributed by atoms with van der Waals surface area (Å²) in [6, 6.07) is 12.1. The van der Waals surface area contributed by atoms with Gasteiger partial charge in [0.15, 0.2) is 11.5 Å². The Morgan fingerprint density at radius 1 is 1.12 bits per heavy atom. The number of hydrogen-bond acceptors (Lipinski definition) is 4. The molecule has 1 heterocycles. The number of hydrogen-bond donors (Lipinski definition) is 0. The third kappa shape index (κ3) is 4.98. The van der Waals surface area contributed by atoms with Gasteiger partial charge in [-0.25, -0.2) is 0 Å². The number of rotatable bonds is 9. The molecule has 0 aliphatic heterocycles. The number of ether oxygens (including phenoxy) is 3. The lowest BCUT2D eigenvalue weighted by Crippen LogP contribution is -2.13. The predicted octanol–water partition coefficient (Wildman–Crippen LogP) is 5.12. The molecule has 0 saturated heterocycles. The summed E-state index contributed by atoms with van der Waals surface area (Å²) in [6.45, 7) is 2.85. The molecule has 0 amide bonds. The van der Waals surface area contributed by atoms with Gasteiger partial charge >= 0.3 is 0 Å². The summed E-state index contributed by atoms with van der Waals surface area (Å²) in [5.74, 6) is 1.61. The molecule has 1 aliphatic rings. The van der Waals surface area contributed by atoms with Crippen molar-refractivity contribution in [3.05, 3.63) is 53.9 Å². The lowest BCUT2D eigenvalue weighted by Gasteiger charge is -2.21. The van der Waals surface area contributed by atoms with Crippen molar-refractivity contribution in [3.8, 4) is 11.5 Å². The molecule has 1 aromatic carbocycles. The lowest BCUT2D eigenvalue weighted by molar-refractivity contribution is 0.0523. The zero-order valence-corrected chi connectivity index (χ0v) is 15.8. The van der Waals surface area contributed by atoms with E-state index < -0.39 is 0 Å². The summed E-state index contributed by atoms with van der Waals surface area (Å²) < 4.78 is 17.9. The number of benzene rings is 1. The average Bonchev–Trinajstić information content (AvgIpc) is 3.19. The zero-order valence-electron chi connectivity index (χ0n) is 15.8. The van der Waals surface area contributed by atoms with Gasteiger partial charge < -0.3 is 14.2 Å². The maximum atomic E-state index is 6.25. The summed E-state index contributed by atoms with van der Waals surface area (Å²) in [7, 11) is 1.69. The van der Waals surface area contributed by atoms with E-state index in [1.54, 1.807) is 7.11 Å². The summed E-state index contributed by atoms with van der Waals surface area (Å²) in [4.78, 5) is 4.46. The Morgan fingerprint density at radius 2 is 1.96 bits per heavy atom. The Labute approximate surface area is 156 Å². The van der Waals surface area contributed by atoms with Gasteiger partial charge in [-0.05, 0) is 61.9 Å². The van der Waals surface area contributed by atoms with Gasteiger partial charge in [-0.2, -0.15) is 0 Å². The SMILES string of the molecule is CCCOC(Cc1ccccn1)c1ccc(OC)c(OC2CCCC2)c1. The molecule has 4 nitrogen and oxygen atoms in total. The van der Waals surface area contributed by atoms with Crippen LogP contribution in [0.4, 0.5) is 0 Å². The second kappa shape index (κ2) is 9.58. The number of aromatic nitrogens is 1. The van der Waals surface area contributed by atoms with Crippen molar-refractivity contribution in [2.75, 3.05) is 13.7 Å². The van der Waals surface area contributed by atoms with Crippen LogP contribution in [0.1, 0.15) is 56.4 Å². The van der Waals surface area contributed by atoms with Crippen LogP contribution in [0.3, 0.4) is 0 Å². The van der Waals surface area contributed by atoms with E-state index in [1.165, 1.54) is 12.8 Å². The van der Waals surface area contributed by atoms with Crippen molar-refractivity contribution in [3.63, 3.8) is 0 Å². The van der Waals surface area contributed by atoms with Gasteiger partial charge in [-0.15, -0.1) is 0 Å². The standard InChI is InChI=1S/C22H29NO3/c1-3-14-25-21(16-18-8-6-7-13-23-18)17-11-12-20(24-2)22(15-17)26-19-9-4-5-10-19/h6-8,11-13,15,19,21H,3-5,9-10,14,16H2,1-2H3. The van der Waals surface area contributed by atoms with E-state index in [0.29, 0.717) is 6.10 Å². The topological polar surface area (TPSA) is 40.6 Å². The van der Waals surface area contributed by atoms with E-state index in [4.69, 9.17) is 14.2 Å². The highest BCUT2D eigenvalue weighted by Gasteiger charge is 2.21. The smallest absolute Gasteiger partial charge is 0.161 e. The number of methoxy groups -OCH3 is 1. The minimum atomic E-state index is -0.0401. The molecule has 0 spiro atoms. The molecule has 0 N–H and O–H groups in total. The maximum Gasteiger partial charge on any atom is 0.161 e. The maximum absolute atomic E-state index is 6.25.